The van der Waals surface area contributed by atoms with E-state index in [1.54, 1.807) is 37.1 Å². The number of benzene rings is 2. The Morgan fingerprint density at radius 3 is 2.56 bits per heavy atom. The Hall–Kier alpha value is -3.53. The largest absolute Gasteiger partial charge is 0.497 e. The first-order valence-corrected chi connectivity index (χ1v) is 10.5. The number of carbonyl (C=O) groups excluding carboxylic acids is 1. The minimum absolute atomic E-state index is 0.295. The maximum atomic E-state index is 13.5. The quantitative estimate of drug-likeness (QED) is 0.528. The van der Waals surface area contributed by atoms with Gasteiger partial charge in [0, 0.05) is 11.8 Å². The lowest BCUT2D eigenvalue weighted by Crippen LogP contribution is -2.31. The molecular weight excluding hydrogens is 478 g/mol. The Morgan fingerprint density at radius 2 is 1.88 bits per heavy atom. The standard InChI is InChI=1S/C22H22BrN5O4/c1-12-19(21(29)27-16-7-6-14(30-2)10-18(16)32-4)20(28-22(26-12)24-11-25-28)13-5-8-17(31-3)15(23)9-13/h5-11,20H,1-4H3,(H,27,29)(H,24,25,26)/t20-/m0/s1. The molecular formula is C22H22BrN5O4. The lowest BCUT2D eigenvalue weighted by Gasteiger charge is -2.29. The number of ether oxygens (including phenoxy) is 3. The van der Waals surface area contributed by atoms with Gasteiger partial charge < -0.3 is 24.8 Å². The highest BCUT2D eigenvalue weighted by Gasteiger charge is 2.34. The number of aromatic nitrogens is 3. The molecule has 166 valence electrons. The molecule has 0 saturated carbocycles. The molecule has 10 heteroatoms. The molecule has 0 spiro atoms. The van der Waals surface area contributed by atoms with E-state index in [-0.39, 0.29) is 5.91 Å². The third kappa shape index (κ3) is 3.89. The number of rotatable bonds is 6. The monoisotopic (exact) mass is 499 g/mol. The zero-order valence-corrected chi connectivity index (χ0v) is 19.6. The van der Waals surface area contributed by atoms with Gasteiger partial charge in [0.25, 0.3) is 5.91 Å². The number of amides is 1. The normalized spacial score (nSPS) is 15.0. The molecule has 1 aliphatic rings. The van der Waals surface area contributed by atoms with E-state index in [0.717, 1.165) is 10.0 Å². The maximum Gasteiger partial charge on any atom is 0.255 e. The summed E-state index contributed by atoms with van der Waals surface area (Å²) in [6.07, 6.45) is 1.45. The Labute approximate surface area is 193 Å². The summed E-state index contributed by atoms with van der Waals surface area (Å²) in [5, 5.41) is 10.5. The van der Waals surface area contributed by atoms with Crippen molar-refractivity contribution in [3.05, 3.63) is 64.0 Å². The van der Waals surface area contributed by atoms with Crippen LogP contribution >= 0.6 is 15.9 Å². The zero-order valence-electron chi connectivity index (χ0n) is 18.0. The van der Waals surface area contributed by atoms with Gasteiger partial charge in [-0.05, 0) is 52.7 Å². The fraction of sp³-hybridized carbons (Fsp3) is 0.227. The van der Waals surface area contributed by atoms with E-state index in [9.17, 15) is 4.79 Å². The number of carbonyl (C=O) groups is 1. The molecule has 1 aliphatic heterocycles. The van der Waals surface area contributed by atoms with Crippen molar-refractivity contribution in [2.75, 3.05) is 32.0 Å². The van der Waals surface area contributed by atoms with E-state index < -0.39 is 6.04 Å². The summed E-state index contributed by atoms with van der Waals surface area (Å²) in [6.45, 7) is 1.84. The van der Waals surface area contributed by atoms with Crippen LogP contribution in [0.25, 0.3) is 0 Å². The van der Waals surface area contributed by atoms with Crippen LogP contribution in [0.4, 0.5) is 11.6 Å². The van der Waals surface area contributed by atoms with Crippen molar-refractivity contribution in [1.29, 1.82) is 0 Å². The second kappa shape index (κ2) is 8.91. The Balaban J connectivity index is 1.75. The molecule has 0 unspecified atom stereocenters. The van der Waals surface area contributed by atoms with Gasteiger partial charge in [0.15, 0.2) is 0 Å². The number of anilines is 2. The number of methoxy groups -OCH3 is 3. The Bertz CT molecular complexity index is 1210. The first-order valence-electron chi connectivity index (χ1n) is 9.71. The van der Waals surface area contributed by atoms with E-state index in [2.05, 4.69) is 36.6 Å². The van der Waals surface area contributed by atoms with Crippen LogP contribution < -0.4 is 24.8 Å². The number of allylic oxidation sites excluding steroid dienone is 1. The van der Waals surface area contributed by atoms with Gasteiger partial charge in [0.1, 0.15) is 29.6 Å². The third-order valence-corrected chi connectivity index (χ3v) is 5.81. The second-order valence-electron chi connectivity index (χ2n) is 7.01. The topological polar surface area (TPSA) is 99.5 Å². The first kappa shape index (κ1) is 21.7. The van der Waals surface area contributed by atoms with Crippen LogP contribution in [0.1, 0.15) is 18.5 Å². The summed E-state index contributed by atoms with van der Waals surface area (Å²) >= 11 is 3.53. The van der Waals surface area contributed by atoms with Crippen molar-refractivity contribution in [1.82, 2.24) is 14.8 Å². The minimum atomic E-state index is -0.500. The molecule has 32 heavy (non-hydrogen) atoms. The molecule has 4 rings (SSSR count). The van der Waals surface area contributed by atoms with Crippen LogP contribution in [-0.4, -0.2) is 42.0 Å². The fourth-order valence-corrected chi connectivity index (χ4v) is 4.20. The third-order valence-electron chi connectivity index (χ3n) is 5.19. The van der Waals surface area contributed by atoms with Gasteiger partial charge in [-0.1, -0.05) is 6.07 Å². The highest BCUT2D eigenvalue weighted by Crippen LogP contribution is 2.38. The summed E-state index contributed by atoms with van der Waals surface area (Å²) in [4.78, 5) is 17.8. The Morgan fingerprint density at radius 1 is 1.09 bits per heavy atom. The summed E-state index contributed by atoms with van der Waals surface area (Å²) in [6, 6.07) is 10.4. The van der Waals surface area contributed by atoms with Crippen molar-refractivity contribution in [3.8, 4) is 17.2 Å². The predicted octanol–water partition coefficient (Wildman–Crippen LogP) is 3.99. The first-order chi connectivity index (χ1) is 15.5. The van der Waals surface area contributed by atoms with Gasteiger partial charge in [-0.25, -0.2) is 4.68 Å². The lowest BCUT2D eigenvalue weighted by molar-refractivity contribution is -0.113. The summed E-state index contributed by atoms with van der Waals surface area (Å²) in [7, 11) is 4.71. The summed E-state index contributed by atoms with van der Waals surface area (Å²) in [5.74, 6) is 2.07. The van der Waals surface area contributed by atoms with Gasteiger partial charge in [0.05, 0.1) is 37.1 Å². The summed E-state index contributed by atoms with van der Waals surface area (Å²) < 4.78 is 18.5. The van der Waals surface area contributed by atoms with Gasteiger partial charge in [-0.3, -0.25) is 4.79 Å². The van der Waals surface area contributed by atoms with Crippen LogP contribution in [0, 0.1) is 0 Å². The number of nitrogens with zero attached hydrogens (tertiary/aromatic N) is 3. The molecule has 0 bridgehead atoms. The molecule has 0 radical (unpaired) electrons. The highest BCUT2D eigenvalue weighted by molar-refractivity contribution is 9.10. The number of fused-ring (bicyclic) bond motifs is 1. The molecule has 0 fully saturated rings. The molecule has 2 heterocycles. The predicted molar refractivity (Wildman–Crippen MR) is 123 cm³/mol. The van der Waals surface area contributed by atoms with Gasteiger partial charge >= 0.3 is 0 Å². The molecule has 1 aromatic heterocycles. The van der Waals surface area contributed by atoms with Crippen LogP contribution in [0.5, 0.6) is 17.2 Å². The number of hydrogen-bond acceptors (Lipinski definition) is 7. The van der Waals surface area contributed by atoms with Crippen LogP contribution in [-0.2, 0) is 4.79 Å². The maximum absolute atomic E-state index is 13.5. The van der Waals surface area contributed by atoms with Gasteiger partial charge in [-0.15, -0.1) is 0 Å². The van der Waals surface area contributed by atoms with Gasteiger partial charge in [0.2, 0.25) is 5.95 Å². The molecule has 0 saturated heterocycles. The van der Waals surface area contributed by atoms with Crippen molar-refractivity contribution in [2.45, 2.75) is 13.0 Å². The molecule has 2 N–H and O–H groups in total. The van der Waals surface area contributed by atoms with Crippen molar-refractivity contribution in [2.24, 2.45) is 0 Å². The van der Waals surface area contributed by atoms with Crippen molar-refractivity contribution < 1.29 is 19.0 Å². The average Bonchev–Trinajstić information content (AvgIpc) is 3.26. The molecule has 0 aliphatic carbocycles. The van der Waals surface area contributed by atoms with E-state index in [1.165, 1.54) is 13.4 Å². The van der Waals surface area contributed by atoms with E-state index in [1.807, 2.05) is 25.1 Å². The minimum Gasteiger partial charge on any atom is -0.497 e. The molecule has 2 aromatic carbocycles. The SMILES string of the molecule is COc1ccc(NC(=O)C2=C(C)Nc3ncnn3[C@H]2c2ccc(OC)c(Br)c2)c(OC)c1. The van der Waals surface area contributed by atoms with Gasteiger partial charge in [-0.2, -0.15) is 10.1 Å². The number of hydrogen-bond donors (Lipinski definition) is 2. The summed E-state index contributed by atoms with van der Waals surface area (Å²) in [5.41, 5.74) is 2.54. The smallest absolute Gasteiger partial charge is 0.255 e. The van der Waals surface area contributed by atoms with Crippen molar-refractivity contribution in [3.63, 3.8) is 0 Å². The second-order valence-corrected chi connectivity index (χ2v) is 7.86. The number of nitrogens with one attached hydrogen (secondary N) is 2. The average molecular weight is 500 g/mol. The number of halogens is 1. The van der Waals surface area contributed by atoms with Crippen LogP contribution in [0.2, 0.25) is 0 Å². The lowest BCUT2D eigenvalue weighted by atomic mass is 9.95. The van der Waals surface area contributed by atoms with E-state index in [0.29, 0.717) is 40.2 Å². The van der Waals surface area contributed by atoms with Crippen molar-refractivity contribution >= 4 is 33.5 Å². The molecule has 1 amide bonds. The highest BCUT2D eigenvalue weighted by atomic mass is 79.9. The van der Waals surface area contributed by atoms with E-state index >= 15 is 0 Å². The molecule has 9 nitrogen and oxygen atoms in total. The fourth-order valence-electron chi connectivity index (χ4n) is 3.64. The molecule has 1 atom stereocenters. The van der Waals surface area contributed by atoms with Crippen LogP contribution in [0.3, 0.4) is 0 Å². The molecule has 3 aromatic rings. The van der Waals surface area contributed by atoms with E-state index in [4.69, 9.17) is 14.2 Å². The Kier molecular flexibility index (Phi) is 6.04. The van der Waals surface area contributed by atoms with Crippen LogP contribution in [0.15, 0.2) is 58.5 Å². The zero-order chi connectivity index (χ0) is 22.8.